The molecule has 0 spiro atoms. The van der Waals surface area contributed by atoms with Crippen molar-refractivity contribution in [3.8, 4) is 0 Å². The van der Waals surface area contributed by atoms with Crippen molar-refractivity contribution in [3.05, 3.63) is 40.2 Å². The minimum absolute atomic E-state index is 0.0127. The number of nitrogen functional groups attached to an aromatic ring is 1. The molecule has 0 aliphatic carbocycles. The van der Waals surface area contributed by atoms with Gasteiger partial charge in [0.25, 0.3) is 0 Å². The van der Waals surface area contributed by atoms with Gasteiger partial charge < -0.3 is 66.3 Å². The molecule has 3 aliphatic heterocycles. The van der Waals surface area contributed by atoms with Gasteiger partial charge in [0, 0.05) is 12.8 Å². The number of aliphatic carboxylic acids is 2. The Morgan fingerprint density at radius 2 is 1.76 bits per heavy atom. The molecule has 13 N–H and O–H groups in total. The number of aliphatic hydroxyl groups excluding tert-OH is 6. The van der Waals surface area contributed by atoms with Crippen LogP contribution in [0.25, 0.3) is 0 Å². The largest absolute Gasteiger partial charge is 0.481 e. The third-order valence-corrected chi connectivity index (χ3v) is 10.4. The van der Waals surface area contributed by atoms with E-state index >= 15 is 0 Å². The number of ether oxygens (including phenoxy) is 2. The fourth-order valence-corrected chi connectivity index (χ4v) is 7.50. The lowest BCUT2D eigenvalue weighted by Crippen LogP contribution is -2.49. The summed E-state index contributed by atoms with van der Waals surface area (Å²) in [5, 5.41) is 84.0. The highest BCUT2D eigenvalue weighted by Gasteiger charge is 2.49. The van der Waals surface area contributed by atoms with Crippen molar-refractivity contribution in [1.29, 1.82) is 0 Å². The lowest BCUT2D eigenvalue weighted by molar-refractivity contribution is -0.479. The highest BCUT2D eigenvalue weighted by atomic mass is 31.2. The zero-order valence-corrected chi connectivity index (χ0v) is 30.2. The second-order valence-electron chi connectivity index (χ2n) is 13.3. The number of nitrogens with zero attached hydrogens (tertiary/aromatic N) is 3. The number of anilines is 3. The van der Waals surface area contributed by atoms with Crippen LogP contribution in [-0.2, 0) is 39.1 Å². The highest BCUT2D eigenvalue weighted by molar-refractivity contribution is 7.47. The molecule has 0 saturated carbocycles. The van der Waals surface area contributed by atoms with Crippen LogP contribution >= 0.6 is 7.82 Å². The molecule has 1 saturated heterocycles. The third kappa shape index (κ3) is 9.48. The lowest BCUT2D eigenvalue weighted by Gasteiger charge is -2.30. The molecule has 0 radical (unpaired) electrons. The summed E-state index contributed by atoms with van der Waals surface area (Å²) < 4.78 is 33.5. The first-order valence-corrected chi connectivity index (χ1v) is 18.4. The number of nitrogens with one attached hydrogen (secondary N) is 2. The van der Waals surface area contributed by atoms with E-state index in [0.29, 0.717) is 17.1 Å². The molecule has 1 fully saturated rings. The third-order valence-electron chi connectivity index (χ3n) is 9.42. The van der Waals surface area contributed by atoms with Gasteiger partial charge in [0.05, 0.1) is 18.8 Å². The van der Waals surface area contributed by atoms with Gasteiger partial charge in [-0.2, -0.15) is 4.98 Å². The number of carboxylic acid groups (broad SMARTS) is 2. The zero-order chi connectivity index (χ0) is 40.5. The van der Waals surface area contributed by atoms with Crippen LogP contribution in [0.2, 0.25) is 0 Å². The lowest BCUT2D eigenvalue weighted by atomic mass is 9.98. The van der Waals surface area contributed by atoms with Gasteiger partial charge in [0.15, 0.2) is 30.5 Å². The van der Waals surface area contributed by atoms with Crippen LogP contribution in [0.4, 0.5) is 23.1 Å². The molecule has 1 aromatic heterocycles. The number of carbonyl (C=O) groups is 2. The van der Waals surface area contributed by atoms with Gasteiger partial charge >= 0.3 is 25.3 Å². The van der Waals surface area contributed by atoms with Crippen molar-refractivity contribution in [2.45, 2.75) is 107 Å². The number of aromatic amines is 1. The Morgan fingerprint density at radius 1 is 1.09 bits per heavy atom. The number of hydrogen-bond donors (Lipinski definition) is 12. The van der Waals surface area contributed by atoms with Crippen molar-refractivity contribution >= 4 is 49.2 Å². The van der Waals surface area contributed by atoms with Crippen molar-refractivity contribution < 1.29 is 83.0 Å². The summed E-state index contributed by atoms with van der Waals surface area (Å²) in [5.41, 5.74) is 6.93. The molecule has 2 aromatic rings. The Morgan fingerprint density at radius 3 is 2.40 bits per heavy atom. The van der Waals surface area contributed by atoms with Gasteiger partial charge in [-0.3, -0.25) is 23.6 Å². The van der Waals surface area contributed by atoms with Crippen LogP contribution in [-0.4, -0.2) is 159 Å². The monoisotopic (exact) mass is 803 g/mol. The molecule has 5 rings (SSSR count). The van der Waals surface area contributed by atoms with E-state index in [0.717, 1.165) is 5.69 Å². The fraction of sp³-hybridized carbons (Fsp3) is 0.581. The van der Waals surface area contributed by atoms with Gasteiger partial charge in [-0.1, -0.05) is 12.1 Å². The summed E-state index contributed by atoms with van der Waals surface area (Å²) in [7, 11) is -5.17. The molecule has 4 heterocycles. The maximum atomic E-state index is 12.8. The second-order valence-corrected chi connectivity index (χ2v) is 14.7. The summed E-state index contributed by atoms with van der Waals surface area (Å²) in [6.07, 6.45) is -17.2. The first kappa shape index (κ1) is 42.1. The molecule has 23 nitrogen and oxygen atoms in total. The van der Waals surface area contributed by atoms with E-state index in [1.165, 1.54) is 0 Å². The quantitative estimate of drug-likeness (QED) is 0.0430. The molecule has 0 amide bonds. The van der Waals surface area contributed by atoms with E-state index in [4.69, 9.17) is 25.4 Å². The van der Waals surface area contributed by atoms with Crippen molar-refractivity contribution in [2.75, 3.05) is 22.6 Å². The van der Waals surface area contributed by atoms with E-state index in [2.05, 4.69) is 24.3 Å². The summed E-state index contributed by atoms with van der Waals surface area (Å²) in [6.45, 7) is 2.97. The highest BCUT2D eigenvalue weighted by Crippen LogP contribution is 2.46. The zero-order valence-electron chi connectivity index (χ0n) is 29.3. The van der Waals surface area contributed by atoms with Gasteiger partial charge in [-0.05, 0) is 38.0 Å². The van der Waals surface area contributed by atoms with Crippen LogP contribution < -0.4 is 21.5 Å². The smallest absolute Gasteiger partial charge is 0.473 e. The van der Waals surface area contributed by atoms with Crippen LogP contribution in [0.15, 0.2) is 29.1 Å². The van der Waals surface area contributed by atoms with Crippen molar-refractivity contribution in [1.82, 2.24) is 9.97 Å². The number of fused-ring (bicyclic) bond motifs is 3. The Hall–Kier alpha value is -4.10. The number of phosphoric ester groups is 1. The minimum Gasteiger partial charge on any atom is -0.481 e. The van der Waals surface area contributed by atoms with E-state index in [-0.39, 0.29) is 30.5 Å². The number of nitrogens with two attached hydrogens (primary N) is 1. The van der Waals surface area contributed by atoms with Crippen molar-refractivity contribution in [2.24, 2.45) is 0 Å². The van der Waals surface area contributed by atoms with Gasteiger partial charge in [-0.25, -0.2) is 18.8 Å². The van der Waals surface area contributed by atoms with Crippen LogP contribution in [0.5, 0.6) is 0 Å². The summed E-state index contributed by atoms with van der Waals surface area (Å²) in [6, 6.07) is 6.52. The molecule has 0 bridgehead atoms. The first-order chi connectivity index (χ1) is 25.8. The maximum absolute atomic E-state index is 12.8. The van der Waals surface area contributed by atoms with E-state index in [1.807, 2.05) is 23.3 Å². The predicted octanol–water partition coefficient (Wildman–Crippen LogP) is -3.03. The second kappa shape index (κ2) is 17.0. The minimum atomic E-state index is -5.17. The number of carboxylic acids is 2. The standard InChI is InChI=1S/C31H43N6O17P/c1-12-20-13(2)36(11-37(20)21-26(33-12)34-31(32)35-27(21)45)15-5-3-14(4-6-15)9-16(38)22(41)24(43)29(48)53-30-25(44)23(42)18(52-30)10-51-55(49,50)54-17(28(46)47)7-8-19(39)40/h3-6,11-13,16-18,20,22-25,29-30,38,41-44,48H,7-10H2,1-2H3,(H6-,32,33,34,35,39,40,45,46,47,49,50)/p+1. The Balaban J connectivity index is 1.14. The molecule has 3 aliphatic rings. The summed E-state index contributed by atoms with van der Waals surface area (Å²) >= 11 is 0. The predicted molar refractivity (Wildman–Crippen MR) is 185 cm³/mol. The molecule has 55 heavy (non-hydrogen) atoms. The SMILES string of the molecule is CC1Nc2nc(N)[nH]c(=O)c2[N+]2=CN(c3ccc(CC(O)C(O)C(O)C(O)OC4OC(COP(=O)(O)OC(CCC(=O)O)C(=O)O)C(O)C4O)cc3)C(C)C12. The molecule has 13 unspecified atom stereocenters. The fourth-order valence-electron chi connectivity index (χ4n) is 6.59. The topological polar surface area (TPSA) is 360 Å². The maximum Gasteiger partial charge on any atom is 0.473 e. The normalized spacial score (nSPS) is 28.5. The first-order valence-electron chi connectivity index (χ1n) is 16.9. The number of hydrogen-bond acceptors (Lipinski definition) is 18. The number of phosphoric acid groups is 1. The Labute approximate surface area is 311 Å². The average Bonchev–Trinajstić information content (AvgIpc) is 3.59. The Bertz CT molecular complexity index is 1850. The van der Waals surface area contributed by atoms with E-state index in [9.17, 15) is 54.5 Å². The van der Waals surface area contributed by atoms with Crippen molar-refractivity contribution in [3.63, 3.8) is 0 Å². The number of H-pyrrole nitrogens is 1. The van der Waals surface area contributed by atoms with Gasteiger partial charge in [-0.15, -0.1) is 0 Å². The molecule has 304 valence electrons. The van der Waals surface area contributed by atoms with Crippen LogP contribution in [0.1, 0.15) is 32.3 Å². The molecular formula is C31H44N6O17P+. The average molecular weight is 804 g/mol. The number of rotatable bonds is 17. The number of benzene rings is 1. The number of aromatic nitrogens is 2. The van der Waals surface area contributed by atoms with Crippen LogP contribution in [0.3, 0.4) is 0 Å². The van der Waals surface area contributed by atoms with E-state index in [1.54, 1.807) is 30.6 Å². The van der Waals surface area contributed by atoms with Gasteiger partial charge in [0.2, 0.25) is 18.0 Å². The Kier molecular flexibility index (Phi) is 13.0. The van der Waals surface area contributed by atoms with Crippen LogP contribution in [0, 0.1) is 0 Å². The number of aliphatic hydroxyl groups is 6. The molecule has 24 heteroatoms. The summed E-state index contributed by atoms with van der Waals surface area (Å²) in [5.74, 6) is -2.78. The van der Waals surface area contributed by atoms with E-state index < -0.39 is 100 Å². The van der Waals surface area contributed by atoms with Gasteiger partial charge in [0.1, 0.15) is 42.2 Å². The molecular weight excluding hydrogens is 759 g/mol. The summed E-state index contributed by atoms with van der Waals surface area (Å²) in [4.78, 5) is 53.4. The molecule has 1 aromatic carbocycles. The molecule has 13 atom stereocenters.